The molecule has 31 heavy (non-hydrogen) atoms. The van der Waals surface area contributed by atoms with Crippen LogP contribution in [0.15, 0.2) is 18.2 Å². The normalized spacial score (nSPS) is 11.4. The van der Waals surface area contributed by atoms with Gasteiger partial charge in [0.05, 0.1) is 12.1 Å². The van der Waals surface area contributed by atoms with Gasteiger partial charge in [0.25, 0.3) is 0 Å². The van der Waals surface area contributed by atoms with Crippen molar-refractivity contribution in [2.24, 2.45) is 0 Å². The van der Waals surface area contributed by atoms with Gasteiger partial charge in [-0.3, -0.25) is 14.4 Å². The highest BCUT2D eigenvalue weighted by atomic mass is 16.7. The number of carbonyl (C=O) groups is 2. The zero-order valence-corrected chi connectivity index (χ0v) is 19.9. The molecule has 0 heterocycles. The molecule has 1 rings (SSSR count). The van der Waals surface area contributed by atoms with Crippen LogP contribution in [0.2, 0.25) is 0 Å². The van der Waals surface area contributed by atoms with E-state index in [-0.39, 0.29) is 5.91 Å². The van der Waals surface area contributed by atoms with Crippen LogP contribution in [0.3, 0.4) is 0 Å². The molecule has 6 heteroatoms. The average molecular weight is 435 g/mol. The van der Waals surface area contributed by atoms with E-state index in [1.165, 1.54) is 23.5 Å². The molecule has 2 N–H and O–H groups in total. The van der Waals surface area contributed by atoms with E-state index in [1.807, 2.05) is 32.9 Å². The van der Waals surface area contributed by atoms with Crippen LogP contribution >= 0.6 is 0 Å². The van der Waals surface area contributed by atoms with Crippen molar-refractivity contribution in [3.05, 3.63) is 29.3 Å². The van der Waals surface area contributed by atoms with Crippen molar-refractivity contribution in [3.63, 3.8) is 0 Å². The first-order chi connectivity index (χ1) is 14.7. The van der Waals surface area contributed by atoms with Crippen molar-refractivity contribution in [2.75, 3.05) is 13.1 Å². The first kappa shape index (κ1) is 27.0. The van der Waals surface area contributed by atoms with Gasteiger partial charge in [-0.05, 0) is 70.1 Å². The minimum Gasteiger partial charge on any atom is -0.508 e. The Balaban J connectivity index is 2.12. The standard InChI is InChI=1S/C25H42N2O4/c1-5-6-12-21-15-16-23(29)22(19-21)13-10-8-7-9-11-14-24(30)26-17-18-27(20-28)31-25(2,3)4/h15-16,19-20,29H,5-14,17-18H2,1-4H3,(H,26,30). The van der Waals surface area contributed by atoms with E-state index in [0.29, 0.717) is 31.7 Å². The van der Waals surface area contributed by atoms with E-state index >= 15 is 0 Å². The predicted molar refractivity (Wildman–Crippen MR) is 125 cm³/mol. The number of aryl methyl sites for hydroxylation is 2. The van der Waals surface area contributed by atoms with Gasteiger partial charge in [-0.1, -0.05) is 44.7 Å². The number of phenols is 1. The first-order valence-corrected chi connectivity index (χ1v) is 11.7. The molecule has 1 aromatic rings. The number of carbonyl (C=O) groups excluding carboxylic acids is 2. The lowest BCUT2D eigenvalue weighted by molar-refractivity contribution is -0.215. The van der Waals surface area contributed by atoms with Crippen LogP contribution in [0.1, 0.15) is 90.2 Å². The molecule has 0 aliphatic carbocycles. The van der Waals surface area contributed by atoms with Crippen molar-refractivity contribution in [1.82, 2.24) is 10.4 Å². The molecule has 176 valence electrons. The third-order valence-corrected chi connectivity index (χ3v) is 4.98. The number of rotatable bonds is 16. The third kappa shape index (κ3) is 13.0. The van der Waals surface area contributed by atoms with E-state index in [4.69, 9.17) is 4.84 Å². The van der Waals surface area contributed by atoms with Crippen molar-refractivity contribution in [1.29, 1.82) is 0 Å². The van der Waals surface area contributed by atoms with Crippen LogP contribution in [0, 0.1) is 0 Å². The van der Waals surface area contributed by atoms with Gasteiger partial charge in [0.2, 0.25) is 12.3 Å². The van der Waals surface area contributed by atoms with E-state index in [9.17, 15) is 14.7 Å². The molecule has 0 aliphatic heterocycles. The zero-order chi connectivity index (χ0) is 23.1. The topological polar surface area (TPSA) is 78.9 Å². The maximum absolute atomic E-state index is 11.9. The summed E-state index contributed by atoms with van der Waals surface area (Å²) in [7, 11) is 0. The number of amides is 2. The quantitative estimate of drug-likeness (QED) is 0.220. The van der Waals surface area contributed by atoms with Crippen LogP contribution in [0.25, 0.3) is 0 Å². The molecule has 0 atom stereocenters. The smallest absolute Gasteiger partial charge is 0.233 e. The molecule has 0 aliphatic rings. The lowest BCUT2D eigenvalue weighted by Gasteiger charge is -2.26. The Morgan fingerprint density at radius 3 is 2.48 bits per heavy atom. The number of phenolic OH excluding ortho intramolecular Hbond substituents is 1. The van der Waals surface area contributed by atoms with Gasteiger partial charge in [0, 0.05) is 13.0 Å². The van der Waals surface area contributed by atoms with Gasteiger partial charge in [0.1, 0.15) is 5.75 Å². The van der Waals surface area contributed by atoms with Crippen LogP contribution in [0.4, 0.5) is 0 Å². The second-order valence-electron chi connectivity index (χ2n) is 9.13. The summed E-state index contributed by atoms with van der Waals surface area (Å²) in [5.74, 6) is 0.411. The Kier molecular flexibility index (Phi) is 12.9. The first-order valence-electron chi connectivity index (χ1n) is 11.7. The van der Waals surface area contributed by atoms with E-state index in [2.05, 4.69) is 18.3 Å². The number of benzene rings is 1. The molecule has 6 nitrogen and oxygen atoms in total. The SMILES string of the molecule is CCCCc1ccc(O)c(CCCCCCCC(=O)NCCN(C=O)OC(C)(C)C)c1. The summed E-state index contributed by atoms with van der Waals surface area (Å²) in [6.45, 7) is 8.52. The minimum absolute atomic E-state index is 0.00965. The van der Waals surface area contributed by atoms with Gasteiger partial charge in [-0.15, -0.1) is 0 Å². The minimum atomic E-state index is -0.443. The highest BCUT2D eigenvalue weighted by molar-refractivity contribution is 5.75. The van der Waals surface area contributed by atoms with Gasteiger partial charge >= 0.3 is 0 Å². The van der Waals surface area contributed by atoms with Crippen molar-refractivity contribution < 1.29 is 19.5 Å². The molecule has 0 spiro atoms. The zero-order valence-electron chi connectivity index (χ0n) is 19.9. The molecule has 0 saturated heterocycles. The maximum atomic E-state index is 11.9. The predicted octanol–water partition coefficient (Wildman–Crippen LogP) is 4.92. The van der Waals surface area contributed by atoms with Crippen molar-refractivity contribution in [2.45, 2.75) is 97.5 Å². The Labute approximate surface area is 188 Å². The molecule has 2 amide bonds. The van der Waals surface area contributed by atoms with Gasteiger partial charge in [-0.2, -0.15) is 0 Å². The second-order valence-corrected chi connectivity index (χ2v) is 9.13. The summed E-state index contributed by atoms with van der Waals surface area (Å²) in [6, 6.07) is 5.99. The fraction of sp³-hybridized carbons (Fsp3) is 0.680. The Hall–Kier alpha value is -2.08. The number of nitrogens with one attached hydrogen (secondary N) is 1. The number of hydroxylamine groups is 2. The van der Waals surface area contributed by atoms with E-state index in [0.717, 1.165) is 50.5 Å². The summed E-state index contributed by atoms with van der Waals surface area (Å²) in [6.07, 6.45) is 10.6. The highest BCUT2D eigenvalue weighted by Gasteiger charge is 2.15. The van der Waals surface area contributed by atoms with Crippen LogP contribution in [-0.2, 0) is 27.3 Å². The Bertz CT molecular complexity index is 655. The fourth-order valence-electron chi connectivity index (χ4n) is 3.37. The molecule has 0 fully saturated rings. The average Bonchev–Trinajstić information content (AvgIpc) is 2.71. The fourth-order valence-corrected chi connectivity index (χ4v) is 3.37. The molecule has 0 radical (unpaired) electrons. The van der Waals surface area contributed by atoms with Crippen LogP contribution < -0.4 is 5.32 Å². The highest BCUT2D eigenvalue weighted by Crippen LogP contribution is 2.22. The Morgan fingerprint density at radius 2 is 1.81 bits per heavy atom. The summed E-state index contributed by atoms with van der Waals surface area (Å²) in [5.41, 5.74) is 1.91. The summed E-state index contributed by atoms with van der Waals surface area (Å²) in [4.78, 5) is 28.4. The molecule has 0 unspecified atom stereocenters. The second kappa shape index (κ2) is 14.8. The number of hydrogen-bond acceptors (Lipinski definition) is 4. The van der Waals surface area contributed by atoms with Crippen LogP contribution in [0.5, 0.6) is 5.75 Å². The summed E-state index contributed by atoms with van der Waals surface area (Å²) < 4.78 is 0. The number of unbranched alkanes of at least 4 members (excludes halogenated alkanes) is 5. The Morgan fingerprint density at radius 1 is 1.10 bits per heavy atom. The van der Waals surface area contributed by atoms with Crippen molar-refractivity contribution >= 4 is 12.3 Å². The lowest BCUT2D eigenvalue weighted by atomic mass is 10.00. The maximum Gasteiger partial charge on any atom is 0.233 e. The molecular formula is C25H42N2O4. The van der Waals surface area contributed by atoms with Gasteiger partial charge in [-0.25, -0.2) is 5.06 Å². The van der Waals surface area contributed by atoms with E-state index < -0.39 is 5.60 Å². The van der Waals surface area contributed by atoms with E-state index in [1.54, 1.807) is 0 Å². The van der Waals surface area contributed by atoms with Gasteiger partial charge < -0.3 is 10.4 Å². The molecular weight excluding hydrogens is 392 g/mol. The number of aromatic hydroxyl groups is 1. The van der Waals surface area contributed by atoms with Crippen molar-refractivity contribution in [3.8, 4) is 5.75 Å². The molecule has 1 aromatic carbocycles. The van der Waals surface area contributed by atoms with Crippen LogP contribution in [-0.4, -0.2) is 41.2 Å². The monoisotopic (exact) mass is 434 g/mol. The largest absolute Gasteiger partial charge is 0.508 e. The summed E-state index contributed by atoms with van der Waals surface area (Å²) >= 11 is 0. The lowest BCUT2D eigenvalue weighted by Crippen LogP contribution is -2.38. The number of nitrogens with zero attached hydrogens (tertiary/aromatic N) is 1. The third-order valence-electron chi connectivity index (χ3n) is 4.98. The van der Waals surface area contributed by atoms with Gasteiger partial charge in [0.15, 0.2) is 0 Å². The summed E-state index contributed by atoms with van der Waals surface area (Å²) in [5, 5.41) is 14.1. The molecule has 0 saturated carbocycles. The number of hydrogen-bond donors (Lipinski definition) is 2. The molecule has 0 aromatic heterocycles. The molecule has 0 bridgehead atoms.